The van der Waals surface area contributed by atoms with Crippen LogP contribution in [0, 0.1) is 0 Å². The van der Waals surface area contributed by atoms with Crippen LogP contribution in [0.15, 0.2) is 64.0 Å². The van der Waals surface area contributed by atoms with Crippen LogP contribution in [0.2, 0.25) is 0 Å². The smallest absolute Gasteiger partial charge is 0.186 e. The van der Waals surface area contributed by atoms with Gasteiger partial charge >= 0.3 is 0 Å². The molecular weight excluding hydrogens is 344 g/mol. The molecule has 2 aromatic rings. The molecular formula is C18H19BrOS. The molecule has 1 nitrogen and oxygen atoms in total. The van der Waals surface area contributed by atoms with Gasteiger partial charge in [-0.2, -0.15) is 0 Å². The predicted octanol–water partition coefficient (Wildman–Crippen LogP) is 5.40. The van der Waals surface area contributed by atoms with Gasteiger partial charge < -0.3 is 0 Å². The lowest BCUT2D eigenvalue weighted by molar-refractivity contribution is 0.104. The molecule has 110 valence electrons. The quantitative estimate of drug-likeness (QED) is 0.525. The summed E-state index contributed by atoms with van der Waals surface area (Å²) in [5.74, 6) is 0.0150. The minimum Gasteiger partial charge on any atom is -0.289 e. The number of halogens is 1. The van der Waals surface area contributed by atoms with Crippen LogP contribution in [0.1, 0.15) is 15.9 Å². The van der Waals surface area contributed by atoms with E-state index in [9.17, 15) is 4.79 Å². The second-order valence-corrected chi connectivity index (χ2v) is 10.5. The van der Waals surface area contributed by atoms with Crippen molar-refractivity contribution in [2.45, 2.75) is 4.90 Å². The second-order valence-electron chi connectivity index (χ2n) is 5.55. The minimum atomic E-state index is -0.826. The van der Waals surface area contributed by atoms with E-state index in [4.69, 9.17) is 0 Å². The summed E-state index contributed by atoms with van der Waals surface area (Å²) in [5, 5.41) is 0. The van der Waals surface area contributed by atoms with Crippen LogP contribution in [0.4, 0.5) is 0 Å². The van der Waals surface area contributed by atoms with Gasteiger partial charge in [-0.25, -0.2) is 10.0 Å². The van der Waals surface area contributed by atoms with Gasteiger partial charge in [0, 0.05) is 10.0 Å². The van der Waals surface area contributed by atoms with E-state index in [1.54, 1.807) is 6.08 Å². The molecule has 0 spiro atoms. The summed E-state index contributed by atoms with van der Waals surface area (Å²) in [5.41, 5.74) is 1.81. The van der Waals surface area contributed by atoms with Crippen molar-refractivity contribution in [1.82, 2.24) is 0 Å². The van der Waals surface area contributed by atoms with Gasteiger partial charge in [0.2, 0.25) is 0 Å². The molecule has 0 atom stereocenters. The number of ketones is 1. The van der Waals surface area contributed by atoms with Crippen molar-refractivity contribution in [3.63, 3.8) is 0 Å². The van der Waals surface area contributed by atoms with Gasteiger partial charge in [0.05, 0.1) is 0 Å². The molecule has 0 amide bonds. The summed E-state index contributed by atoms with van der Waals surface area (Å²) >= 11 is 3.42. The summed E-state index contributed by atoms with van der Waals surface area (Å²) in [6.07, 6.45) is 10.4. The van der Waals surface area contributed by atoms with E-state index in [1.165, 1.54) is 4.90 Å². The Labute approximate surface area is 136 Å². The molecule has 3 heteroatoms. The van der Waals surface area contributed by atoms with Crippen LogP contribution in [-0.2, 0) is 0 Å². The van der Waals surface area contributed by atoms with E-state index < -0.39 is 10.0 Å². The maximum Gasteiger partial charge on any atom is 0.186 e. The lowest BCUT2D eigenvalue weighted by Gasteiger charge is -2.27. The molecule has 0 aromatic heterocycles. The molecule has 21 heavy (non-hydrogen) atoms. The molecule has 0 aliphatic heterocycles. The van der Waals surface area contributed by atoms with Crippen molar-refractivity contribution in [3.8, 4) is 0 Å². The van der Waals surface area contributed by atoms with E-state index in [1.807, 2.05) is 36.4 Å². The number of carbonyl (C=O) groups excluding carboxylic acids is 1. The number of hydrogen-bond acceptors (Lipinski definition) is 1. The maximum absolute atomic E-state index is 12.3. The van der Waals surface area contributed by atoms with Crippen molar-refractivity contribution in [3.05, 3.63) is 70.2 Å². The Morgan fingerprint density at radius 3 is 2.29 bits per heavy atom. The summed E-state index contributed by atoms with van der Waals surface area (Å²) in [6, 6.07) is 15.8. The van der Waals surface area contributed by atoms with Gasteiger partial charge in [-0.1, -0.05) is 52.3 Å². The molecule has 0 unspecified atom stereocenters. The zero-order chi connectivity index (χ0) is 15.5. The van der Waals surface area contributed by atoms with E-state index in [-0.39, 0.29) is 5.78 Å². The van der Waals surface area contributed by atoms with Crippen LogP contribution < -0.4 is 0 Å². The van der Waals surface area contributed by atoms with Crippen molar-refractivity contribution in [1.29, 1.82) is 0 Å². The Balaban J connectivity index is 2.31. The fourth-order valence-electron chi connectivity index (χ4n) is 2.09. The zero-order valence-corrected chi connectivity index (χ0v) is 14.9. The highest BCUT2D eigenvalue weighted by Crippen LogP contribution is 2.47. The van der Waals surface area contributed by atoms with Gasteiger partial charge in [-0.05, 0) is 53.5 Å². The lowest BCUT2D eigenvalue weighted by atomic mass is 10.1. The standard InChI is InChI=1S/C18H19BrOS/c1-21(2,3)18-11-7-4-8-14(18)12-13-17(20)15-9-5-6-10-16(15)19/h4-13H,1-3H3/b13-12+. The molecule has 0 heterocycles. The lowest BCUT2D eigenvalue weighted by Crippen LogP contribution is -1.97. The molecule has 0 bridgehead atoms. The van der Waals surface area contributed by atoms with Crippen LogP contribution in [-0.4, -0.2) is 24.6 Å². The largest absolute Gasteiger partial charge is 0.289 e. The van der Waals surface area contributed by atoms with Gasteiger partial charge in [-0.15, -0.1) is 0 Å². The Hall–Kier alpha value is -1.32. The third-order valence-corrected chi connectivity index (χ3v) is 5.52. The number of rotatable bonds is 4. The number of carbonyl (C=O) groups is 1. The predicted molar refractivity (Wildman–Crippen MR) is 97.6 cm³/mol. The average molecular weight is 363 g/mol. The first-order valence-corrected chi connectivity index (χ1v) is 10.3. The third-order valence-electron chi connectivity index (χ3n) is 3.13. The van der Waals surface area contributed by atoms with Gasteiger partial charge in [0.25, 0.3) is 0 Å². The first kappa shape index (κ1) is 16.1. The normalized spacial score (nSPS) is 12.6. The number of allylic oxidation sites excluding steroid dienone is 1. The fourth-order valence-corrected chi connectivity index (χ4v) is 3.90. The summed E-state index contributed by atoms with van der Waals surface area (Å²) < 4.78 is 0.828. The van der Waals surface area contributed by atoms with E-state index in [2.05, 4.69) is 52.9 Å². The summed E-state index contributed by atoms with van der Waals surface area (Å²) in [7, 11) is -0.826. The van der Waals surface area contributed by atoms with E-state index in [0.717, 1.165) is 10.0 Å². The van der Waals surface area contributed by atoms with Gasteiger partial charge in [-0.3, -0.25) is 4.79 Å². The maximum atomic E-state index is 12.3. The first-order valence-electron chi connectivity index (χ1n) is 6.64. The molecule has 0 saturated carbocycles. The number of benzene rings is 2. The van der Waals surface area contributed by atoms with Gasteiger partial charge in [0.1, 0.15) is 0 Å². The Morgan fingerprint density at radius 1 is 1.00 bits per heavy atom. The zero-order valence-electron chi connectivity index (χ0n) is 12.5. The second kappa shape index (κ2) is 6.63. The van der Waals surface area contributed by atoms with Crippen molar-refractivity contribution in [2.75, 3.05) is 18.8 Å². The Kier molecular flexibility index (Phi) is 5.07. The molecule has 0 saturated heterocycles. The number of hydrogen-bond donors (Lipinski definition) is 0. The molecule has 0 N–H and O–H groups in total. The highest BCUT2D eigenvalue weighted by molar-refractivity contribution is 9.10. The monoisotopic (exact) mass is 362 g/mol. The Morgan fingerprint density at radius 2 is 1.62 bits per heavy atom. The Bertz CT molecular complexity index is 684. The van der Waals surface area contributed by atoms with Crippen LogP contribution in [0.3, 0.4) is 0 Å². The van der Waals surface area contributed by atoms with Crippen molar-refractivity contribution in [2.24, 2.45) is 0 Å². The van der Waals surface area contributed by atoms with Crippen molar-refractivity contribution >= 4 is 37.8 Å². The molecule has 0 aliphatic carbocycles. The molecule has 2 rings (SSSR count). The first-order chi connectivity index (χ1) is 9.89. The molecule has 0 aliphatic rings. The molecule has 0 radical (unpaired) electrons. The third kappa shape index (κ3) is 4.08. The van der Waals surface area contributed by atoms with E-state index in [0.29, 0.717) is 5.56 Å². The molecule has 0 fully saturated rings. The summed E-state index contributed by atoms with van der Waals surface area (Å²) in [4.78, 5) is 13.6. The van der Waals surface area contributed by atoms with Crippen LogP contribution in [0.5, 0.6) is 0 Å². The average Bonchev–Trinajstić information content (AvgIpc) is 2.44. The fraction of sp³-hybridized carbons (Fsp3) is 0.167. The van der Waals surface area contributed by atoms with E-state index >= 15 is 0 Å². The molecule has 2 aromatic carbocycles. The van der Waals surface area contributed by atoms with Gasteiger partial charge in [0.15, 0.2) is 5.78 Å². The minimum absolute atomic E-state index is 0.0150. The SMILES string of the molecule is CS(C)(C)c1ccccc1/C=C/C(=O)c1ccccc1Br. The van der Waals surface area contributed by atoms with Crippen LogP contribution >= 0.6 is 26.0 Å². The summed E-state index contributed by atoms with van der Waals surface area (Å²) in [6.45, 7) is 0. The highest BCUT2D eigenvalue weighted by atomic mass is 79.9. The van der Waals surface area contributed by atoms with Crippen LogP contribution in [0.25, 0.3) is 6.08 Å². The van der Waals surface area contributed by atoms with Crippen molar-refractivity contribution < 1.29 is 4.79 Å². The highest BCUT2D eigenvalue weighted by Gasteiger charge is 2.11. The topological polar surface area (TPSA) is 17.1 Å².